The SMILES string of the molecule is CC(CNC(=O)C(C)Oc1cccc(CO)c1)CN1CCCC1. The van der Waals surface area contributed by atoms with Crippen molar-refractivity contribution in [2.75, 3.05) is 26.2 Å². The largest absolute Gasteiger partial charge is 0.481 e. The molecule has 1 aromatic carbocycles. The van der Waals surface area contributed by atoms with Crippen LogP contribution in [0, 0.1) is 5.92 Å². The van der Waals surface area contributed by atoms with E-state index in [0.717, 1.165) is 12.1 Å². The molecule has 2 rings (SSSR count). The van der Waals surface area contributed by atoms with Crippen molar-refractivity contribution in [3.05, 3.63) is 29.8 Å². The molecule has 1 heterocycles. The number of aliphatic hydroxyl groups is 1. The third kappa shape index (κ3) is 5.84. The van der Waals surface area contributed by atoms with Gasteiger partial charge in [-0.25, -0.2) is 0 Å². The molecular weight excluding hydrogens is 292 g/mol. The maximum Gasteiger partial charge on any atom is 0.260 e. The molecule has 5 nitrogen and oxygen atoms in total. The Labute approximate surface area is 138 Å². The fraction of sp³-hybridized carbons (Fsp3) is 0.611. The van der Waals surface area contributed by atoms with Crippen molar-refractivity contribution < 1.29 is 14.6 Å². The predicted octanol–water partition coefficient (Wildman–Crippen LogP) is 1.79. The summed E-state index contributed by atoms with van der Waals surface area (Å²) in [5.74, 6) is 0.930. The first kappa shape index (κ1) is 17.8. The van der Waals surface area contributed by atoms with Gasteiger partial charge in [0.2, 0.25) is 0 Å². The van der Waals surface area contributed by atoms with E-state index in [0.29, 0.717) is 18.2 Å². The number of hydrogen-bond donors (Lipinski definition) is 2. The number of ether oxygens (including phenoxy) is 1. The van der Waals surface area contributed by atoms with Gasteiger partial charge in [-0.15, -0.1) is 0 Å². The molecule has 128 valence electrons. The molecule has 0 aliphatic carbocycles. The summed E-state index contributed by atoms with van der Waals surface area (Å²) in [5.41, 5.74) is 0.773. The Morgan fingerprint density at radius 3 is 2.78 bits per heavy atom. The molecule has 1 aliphatic rings. The number of carbonyl (C=O) groups excluding carboxylic acids is 1. The van der Waals surface area contributed by atoms with Crippen molar-refractivity contribution in [2.24, 2.45) is 5.92 Å². The second kappa shape index (κ2) is 8.89. The highest BCUT2D eigenvalue weighted by Crippen LogP contribution is 2.15. The summed E-state index contributed by atoms with van der Waals surface area (Å²) in [6, 6.07) is 7.17. The first-order chi connectivity index (χ1) is 11.1. The van der Waals surface area contributed by atoms with Crippen LogP contribution in [0.15, 0.2) is 24.3 Å². The summed E-state index contributed by atoms with van der Waals surface area (Å²) in [6.45, 7) is 7.93. The second-order valence-corrected chi connectivity index (χ2v) is 6.42. The molecule has 2 unspecified atom stereocenters. The number of rotatable bonds is 8. The van der Waals surface area contributed by atoms with Crippen LogP contribution >= 0.6 is 0 Å². The van der Waals surface area contributed by atoms with Crippen LogP contribution in [0.2, 0.25) is 0 Å². The van der Waals surface area contributed by atoms with E-state index < -0.39 is 6.10 Å². The van der Waals surface area contributed by atoms with Gasteiger partial charge in [0.15, 0.2) is 6.10 Å². The normalized spacial score (nSPS) is 17.7. The average molecular weight is 320 g/mol. The number of benzene rings is 1. The Morgan fingerprint density at radius 1 is 1.35 bits per heavy atom. The number of hydrogen-bond acceptors (Lipinski definition) is 4. The molecule has 1 fully saturated rings. The lowest BCUT2D eigenvalue weighted by molar-refractivity contribution is -0.127. The van der Waals surface area contributed by atoms with Gasteiger partial charge in [-0.1, -0.05) is 19.1 Å². The summed E-state index contributed by atoms with van der Waals surface area (Å²) >= 11 is 0. The minimum absolute atomic E-state index is 0.0359. The fourth-order valence-electron chi connectivity index (χ4n) is 2.86. The summed E-state index contributed by atoms with van der Waals surface area (Å²) in [5, 5.41) is 12.1. The first-order valence-corrected chi connectivity index (χ1v) is 8.45. The van der Waals surface area contributed by atoms with Crippen LogP contribution in [0.5, 0.6) is 5.75 Å². The highest BCUT2D eigenvalue weighted by molar-refractivity contribution is 5.80. The van der Waals surface area contributed by atoms with Gasteiger partial charge in [0, 0.05) is 13.1 Å². The predicted molar refractivity (Wildman–Crippen MR) is 90.3 cm³/mol. The van der Waals surface area contributed by atoms with Gasteiger partial charge in [-0.05, 0) is 56.5 Å². The molecule has 1 saturated heterocycles. The smallest absolute Gasteiger partial charge is 0.260 e. The Kier molecular flexibility index (Phi) is 6.86. The average Bonchev–Trinajstić information content (AvgIpc) is 3.05. The van der Waals surface area contributed by atoms with E-state index in [1.54, 1.807) is 19.1 Å². The summed E-state index contributed by atoms with van der Waals surface area (Å²) in [4.78, 5) is 14.6. The maximum absolute atomic E-state index is 12.1. The number of likely N-dealkylation sites (tertiary alicyclic amines) is 1. The molecule has 2 N–H and O–H groups in total. The first-order valence-electron chi connectivity index (χ1n) is 8.45. The molecule has 1 amide bonds. The summed E-state index contributed by atoms with van der Waals surface area (Å²) in [6.07, 6.45) is 2.02. The zero-order valence-electron chi connectivity index (χ0n) is 14.1. The van der Waals surface area contributed by atoms with E-state index in [1.165, 1.54) is 25.9 Å². The Bertz CT molecular complexity index is 501. The van der Waals surface area contributed by atoms with E-state index in [4.69, 9.17) is 9.84 Å². The number of nitrogens with zero attached hydrogens (tertiary/aromatic N) is 1. The highest BCUT2D eigenvalue weighted by Gasteiger charge is 2.18. The van der Waals surface area contributed by atoms with Gasteiger partial charge in [0.25, 0.3) is 5.91 Å². The summed E-state index contributed by atoms with van der Waals surface area (Å²) < 4.78 is 5.65. The van der Waals surface area contributed by atoms with Gasteiger partial charge in [0.1, 0.15) is 5.75 Å². The van der Waals surface area contributed by atoms with Gasteiger partial charge >= 0.3 is 0 Å². The van der Waals surface area contributed by atoms with Gasteiger partial charge < -0.3 is 20.1 Å². The number of nitrogens with one attached hydrogen (secondary N) is 1. The van der Waals surface area contributed by atoms with E-state index >= 15 is 0 Å². The Hall–Kier alpha value is -1.59. The topological polar surface area (TPSA) is 61.8 Å². The van der Waals surface area contributed by atoms with Gasteiger partial charge in [-0.3, -0.25) is 4.79 Å². The van der Waals surface area contributed by atoms with Crippen LogP contribution in [0.1, 0.15) is 32.3 Å². The zero-order valence-corrected chi connectivity index (χ0v) is 14.1. The van der Waals surface area contributed by atoms with Crippen LogP contribution in [-0.2, 0) is 11.4 Å². The molecule has 0 radical (unpaired) electrons. The quantitative estimate of drug-likeness (QED) is 0.767. The third-order valence-corrected chi connectivity index (χ3v) is 4.16. The molecule has 2 atom stereocenters. The summed E-state index contributed by atoms with van der Waals surface area (Å²) in [7, 11) is 0. The third-order valence-electron chi connectivity index (χ3n) is 4.16. The van der Waals surface area contributed by atoms with Crippen LogP contribution in [0.3, 0.4) is 0 Å². The van der Waals surface area contributed by atoms with E-state index in [9.17, 15) is 4.79 Å². The van der Waals surface area contributed by atoms with Crippen molar-refractivity contribution in [1.82, 2.24) is 10.2 Å². The molecule has 0 bridgehead atoms. The molecular formula is C18H28N2O3. The lowest BCUT2D eigenvalue weighted by atomic mass is 10.1. The van der Waals surface area contributed by atoms with Crippen molar-refractivity contribution in [3.63, 3.8) is 0 Å². The Balaban J connectivity index is 1.73. The molecule has 5 heteroatoms. The van der Waals surface area contributed by atoms with Gasteiger partial charge in [0.05, 0.1) is 6.61 Å². The molecule has 0 saturated carbocycles. The standard InChI is InChI=1S/C18H28N2O3/c1-14(12-20-8-3-4-9-20)11-19-18(22)15(2)23-17-7-5-6-16(10-17)13-21/h5-7,10,14-15,21H,3-4,8-9,11-13H2,1-2H3,(H,19,22). The number of amides is 1. The van der Waals surface area contributed by atoms with E-state index in [-0.39, 0.29) is 12.5 Å². The minimum Gasteiger partial charge on any atom is -0.481 e. The highest BCUT2D eigenvalue weighted by atomic mass is 16.5. The van der Waals surface area contributed by atoms with Crippen molar-refractivity contribution >= 4 is 5.91 Å². The zero-order chi connectivity index (χ0) is 16.7. The number of aliphatic hydroxyl groups excluding tert-OH is 1. The van der Waals surface area contributed by atoms with Crippen LogP contribution in [-0.4, -0.2) is 48.2 Å². The molecule has 1 aliphatic heterocycles. The second-order valence-electron chi connectivity index (χ2n) is 6.42. The maximum atomic E-state index is 12.1. The molecule has 0 aromatic heterocycles. The van der Waals surface area contributed by atoms with Crippen LogP contribution < -0.4 is 10.1 Å². The van der Waals surface area contributed by atoms with Crippen LogP contribution in [0.4, 0.5) is 0 Å². The molecule has 23 heavy (non-hydrogen) atoms. The monoisotopic (exact) mass is 320 g/mol. The number of carbonyl (C=O) groups is 1. The van der Waals surface area contributed by atoms with Crippen LogP contribution in [0.25, 0.3) is 0 Å². The minimum atomic E-state index is -0.553. The van der Waals surface area contributed by atoms with E-state index in [2.05, 4.69) is 17.1 Å². The van der Waals surface area contributed by atoms with Crippen molar-refractivity contribution in [1.29, 1.82) is 0 Å². The fourth-order valence-corrected chi connectivity index (χ4v) is 2.86. The lowest BCUT2D eigenvalue weighted by Crippen LogP contribution is -2.40. The van der Waals surface area contributed by atoms with E-state index in [1.807, 2.05) is 12.1 Å². The molecule has 1 aromatic rings. The Morgan fingerprint density at radius 2 is 2.09 bits per heavy atom. The molecule has 0 spiro atoms. The lowest BCUT2D eigenvalue weighted by Gasteiger charge is -2.21. The van der Waals surface area contributed by atoms with Crippen molar-refractivity contribution in [3.8, 4) is 5.75 Å². The van der Waals surface area contributed by atoms with Crippen molar-refractivity contribution in [2.45, 2.75) is 39.4 Å². The van der Waals surface area contributed by atoms with Gasteiger partial charge in [-0.2, -0.15) is 0 Å².